The number of hydrogen-bond donors (Lipinski definition) is 1. The van der Waals surface area contributed by atoms with E-state index in [1.165, 1.54) is 12.0 Å². The van der Waals surface area contributed by atoms with E-state index >= 15 is 0 Å². The standard InChI is InChI=1S/C26H33ClF3N3O5S/c1-6-17(3)31-25(35)22(7-2)32(15-18-8-11-20(38-4)12-9-18)24(34)16-33(39(5,36)37)23-14-19(26(28,29)30)10-13-21(23)27/h8-14,17,22H,6-7,15-16H2,1-5H3,(H,31,35)/t17-,22+/m0/s1. The molecule has 13 heteroatoms. The van der Waals surface area contributed by atoms with Crippen molar-refractivity contribution in [1.82, 2.24) is 10.2 Å². The predicted octanol–water partition coefficient (Wildman–Crippen LogP) is 4.86. The Hall–Kier alpha value is -2.99. The monoisotopic (exact) mass is 591 g/mol. The molecular formula is C26H33ClF3N3O5S. The van der Waals surface area contributed by atoms with E-state index in [-0.39, 0.29) is 24.0 Å². The number of methoxy groups -OCH3 is 1. The molecule has 2 atom stereocenters. The number of halogens is 4. The number of rotatable bonds is 12. The molecule has 0 heterocycles. The van der Waals surface area contributed by atoms with Crippen molar-refractivity contribution >= 4 is 39.1 Å². The Morgan fingerprint density at radius 2 is 1.69 bits per heavy atom. The van der Waals surface area contributed by atoms with E-state index in [2.05, 4.69) is 5.32 Å². The Balaban J connectivity index is 2.54. The maximum Gasteiger partial charge on any atom is 0.416 e. The van der Waals surface area contributed by atoms with Crippen LogP contribution in [0.4, 0.5) is 18.9 Å². The van der Waals surface area contributed by atoms with Gasteiger partial charge in [0.2, 0.25) is 21.8 Å². The molecule has 216 valence electrons. The third kappa shape index (κ3) is 8.76. The van der Waals surface area contributed by atoms with Crippen molar-refractivity contribution < 1.29 is 35.9 Å². The molecule has 0 aromatic heterocycles. The number of carbonyl (C=O) groups is 2. The third-order valence-corrected chi connectivity index (χ3v) is 7.57. The Kier molecular flexibility index (Phi) is 11.1. The number of sulfonamides is 1. The first kappa shape index (κ1) is 32.2. The molecular weight excluding hydrogens is 559 g/mol. The van der Waals surface area contributed by atoms with E-state index in [0.717, 1.165) is 18.4 Å². The molecule has 8 nitrogen and oxygen atoms in total. The van der Waals surface area contributed by atoms with Gasteiger partial charge in [-0.15, -0.1) is 0 Å². The number of ether oxygens (including phenoxy) is 1. The quantitative estimate of drug-likeness (QED) is 0.380. The molecule has 0 spiro atoms. The van der Waals surface area contributed by atoms with Crippen LogP contribution in [0.5, 0.6) is 5.75 Å². The summed E-state index contributed by atoms with van der Waals surface area (Å²) in [6.45, 7) is 4.45. The number of nitrogens with zero attached hydrogens (tertiary/aromatic N) is 2. The lowest BCUT2D eigenvalue weighted by molar-refractivity contribution is -0.140. The maximum atomic E-state index is 13.7. The van der Waals surface area contributed by atoms with E-state index in [1.54, 1.807) is 38.1 Å². The van der Waals surface area contributed by atoms with Gasteiger partial charge in [0, 0.05) is 12.6 Å². The number of nitrogens with one attached hydrogen (secondary N) is 1. The molecule has 0 aliphatic rings. The van der Waals surface area contributed by atoms with E-state index in [0.29, 0.717) is 28.1 Å². The van der Waals surface area contributed by atoms with Crippen LogP contribution in [-0.4, -0.2) is 57.1 Å². The summed E-state index contributed by atoms with van der Waals surface area (Å²) >= 11 is 6.11. The Morgan fingerprint density at radius 3 is 2.18 bits per heavy atom. The highest BCUT2D eigenvalue weighted by molar-refractivity contribution is 7.92. The molecule has 0 unspecified atom stereocenters. The Labute approximate surface area is 232 Å². The second-order valence-electron chi connectivity index (χ2n) is 9.05. The van der Waals surface area contributed by atoms with Crippen LogP contribution >= 0.6 is 11.6 Å². The molecule has 2 rings (SSSR count). The first-order valence-electron chi connectivity index (χ1n) is 12.2. The normalized spacial score (nSPS) is 13.4. The minimum atomic E-state index is -4.77. The van der Waals surface area contributed by atoms with Crippen LogP contribution in [0.1, 0.15) is 44.7 Å². The van der Waals surface area contributed by atoms with Crippen LogP contribution in [-0.2, 0) is 32.3 Å². The van der Waals surface area contributed by atoms with E-state index in [1.807, 2.05) is 6.92 Å². The molecule has 0 aliphatic heterocycles. The van der Waals surface area contributed by atoms with Crippen LogP contribution in [0.2, 0.25) is 5.02 Å². The molecule has 0 saturated heterocycles. The van der Waals surface area contributed by atoms with Gasteiger partial charge in [-0.05, 0) is 55.7 Å². The van der Waals surface area contributed by atoms with Gasteiger partial charge >= 0.3 is 6.18 Å². The van der Waals surface area contributed by atoms with Crippen LogP contribution in [0, 0.1) is 0 Å². The van der Waals surface area contributed by atoms with Crippen molar-refractivity contribution in [3.05, 3.63) is 58.6 Å². The van der Waals surface area contributed by atoms with Gasteiger partial charge < -0.3 is 15.0 Å². The average molecular weight is 592 g/mol. The van der Waals surface area contributed by atoms with E-state index in [4.69, 9.17) is 16.3 Å². The molecule has 0 aliphatic carbocycles. The number of benzene rings is 2. The zero-order valence-corrected chi connectivity index (χ0v) is 24.0. The zero-order valence-electron chi connectivity index (χ0n) is 22.4. The molecule has 2 aromatic rings. The number of carbonyl (C=O) groups excluding carboxylic acids is 2. The van der Waals surface area contributed by atoms with Gasteiger partial charge in [-0.1, -0.05) is 37.6 Å². The average Bonchev–Trinajstić information content (AvgIpc) is 2.86. The minimum absolute atomic E-state index is 0.0663. The van der Waals surface area contributed by atoms with Gasteiger partial charge in [-0.3, -0.25) is 13.9 Å². The lowest BCUT2D eigenvalue weighted by atomic mass is 10.1. The lowest BCUT2D eigenvalue weighted by Crippen LogP contribution is -2.53. The van der Waals surface area contributed by atoms with Crippen molar-refractivity contribution in [2.24, 2.45) is 0 Å². The minimum Gasteiger partial charge on any atom is -0.497 e. The van der Waals surface area contributed by atoms with Gasteiger partial charge in [-0.25, -0.2) is 8.42 Å². The van der Waals surface area contributed by atoms with Crippen molar-refractivity contribution in [2.75, 3.05) is 24.2 Å². The van der Waals surface area contributed by atoms with Gasteiger partial charge in [0.1, 0.15) is 18.3 Å². The van der Waals surface area contributed by atoms with Crippen molar-refractivity contribution in [2.45, 2.75) is 58.4 Å². The summed E-state index contributed by atoms with van der Waals surface area (Å²) in [6, 6.07) is 7.78. The highest BCUT2D eigenvalue weighted by atomic mass is 35.5. The highest BCUT2D eigenvalue weighted by Gasteiger charge is 2.35. The fourth-order valence-corrected chi connectivity index (χ4v) is 4.89. The fourth-order valence-electron chi connectivity index (χ4n) is 3.76. The summed E-state index contributed by atoms with van der Waals surface area (Å²) in [6.07, 6.45) is -3.16. The Bertz CT molecular complexity index is 1260. The van der Waals surface area contributed by atoms with Crippen LogP contribution in [0.25, 0.3) is 0 Å². The van der Waals surface area contributed by atoms with Gasteiger partial charge in [0.05, 0.1) is 29.6 Å². The van der Waals surface area contributed by atoms with Crippen molar-refractivity contribution in [3.8, 4) is 5.75 Å². The third-order valence-electron chi connectivity index (χ3n) is 6.12. The number of anilines is 1. The topological polar surface area (TPSA) is 96.0 Å². The van der Waals surface area contributed by atoms with E-state index < -0.39 is 51.9 Å². The number of alkyl halides is 3. The highest BCUT2D eigenvalue weighted by Crippen LogP contribution is 2.36. The molecule has 39 heavy (non-hydrogen) atoms. The Morgan fingerprint density at radius 1 is 1.08 bits per heavy atom. The van der Waals surface area contributed by atoms with Crippen molar-refractivity contribution in [1.29, 1.82) is 0 Å². The molecule has 1 N–H and O–H groups in total. The first-order chi connectivity index (χ1) is 18.1. The summed E-state index contributed by atoms with van der Waals surface area (Å²) < 4.78 is 71.2. The summed E-state index contributed by atoms with van der Waals surface area (Å²) in [7, 11) is -2.78. The number of amides is 2. The second-order valence-corrected chi connectivity index (χ2v) is 11.4. The van der Waals surface area contributed by atoms with Crippen LogP contribution in [0.3, 0.4) is 0 Å². The lowest BCUT2D eigenvalue weighted by Gasteiger charge is -2.33. The molecule has 0 fully saturated rings. The predicted molar refractivity (Wildman–Crippen MR) is 144 cm³/mol. The fraction of sp³-hybridized carbons (Fsp3) is 0.462. The smallest absolute Gasteiger partial charge is 0.416 e. The molecule has 0 radical (unpaired) electrons. The summed E-state index contributed by atoms with van der Waals surface area (Å²) in [4.78, 5) is 28.1. The largest absolute Gasteiger partial charge is 0.497 e. The molecule has 2 aromatic carbocycles. The van der Waals surface area contributed by atoms with Gasteiger partial charge in [0.15, 0.2) is 0 Å². The summed E-state index contributed by atoms with van der Waals surface area (Å²) in [5.41, 5.74) is -0.997. The SMILES string of the molecule is CC[C@H](C(=O)N[C@@H](C)CC)N(Cc1ccc(OC)cc1)C(=O)CN(c1cc(C(F)(F)F)ccc1Cl)S(C)(=O)=O. The number of hydrogen-bond acceptors (Lipinski definition) is 5. The zero-order chi connectivity index (χ0) is 29.5. The van der Waals surface area contributed by atoms with E-state index in [9.17, 15) is 31.2 Å². The molecule has 0 saturated carbocycles. The summed E-state index contributed by atoms with van der Waals surface area (Å²) in [5, 5.41) is 2.55. The molecule has 2 amide bonds. The maximum absolute atomic E-state index is 13.7. The van der Waals surface area contributed by atoms with Gasteiger partial charge in [0.25, 0.3) is 0 Å². The van der Waals surface area contributed by atoms with Crippen LogP contribution in [0.15, 0.2) is 42.5 Å². The first-order valence-corrected chi connectivity index (χ1v) is 14.4. The summed E-state index contributed by atoms with van der Waals surface area (Å²) in [5.74, 6) is -0.659. The van der Waals surface area contributed by atoms with Crippen LogP contribution < -0.4 is 14.4 Å². The van der Waals surface area contributed by atoms with Gasteiger partial charge in [-0.2, -0.15) is 13.2 Å². The molecule has 0 bridgehead atoms. The van der Waals surface area contributed by atoms with Crippen molar-refractivity contribution in [3.63, 3.8) is 0 Å². The second kappa shape index (κ2) is 13.4.